The van der Waals surface area contributed by atoms with E-state index in [1.807, 2.05) is 17.0 Å². The summed E-state index contributed by atoms with van der Waals surface area (Å²) in [6.45, 7) is 3.33. The highest BCUT2D eigenvalue weighted by atomic mass is 32.1. The molecule has 8 heteroatoms. The van der Waals surface area contributed by atoms with Crippen LogP contribution >= 0.6 is 11.3 Å². The van der Waals surface area contributed by atoms with Gasteiger partial charge in [0.05, 0.1) is 24.0 Å². The molecule has 7 nitrogen and oxygen atoms in total. The van der Waals surface area contributed by atoms with Crippen LogP contribution in [0.2, 0.25) is 0 Å². The monoisotopic (exact) mass is 429 g/mol. The second kappa shape index (κ2) is 9.31. The van der Waals surface area contributed by atoms with Crippen molar-refractivity contribution in [2.24, 2.45) is 0 Å². The van der Waals surface area contributed by atoms with E-state index in [4.69, 9.17) is 10.7 Å². The molecule has 0 aromatic carbocycles. The third kappa shape index (κ3) is 4.30. The van der Waals surface area contributed by atoms with E-state index in [0.717, 1.165) is 54.8 Å². The minimum atomic E-state index is -0.191. The average molecular weight is 430 g/mol. The predicted molar refractivity (Wildman–Crippen MR) is 121 cm³/mol. The van der Waals surface area contributed by atoms with Gasteiger partial charge in [0.2, 0.25) is 5.91 Å². The maximum atomic E-state index is 13.2. The third-order valence-corrected chi connectivity index (χ3v) is 7.38. The molecule has 2 aliphatic rings. The lowest BCUT2D eigenvalue weighted by Gasteiger charge is -2.36. The molecule has 0 spiro atoms. The van der Waals surface area contributed by atoms with Crippen molar-refractivity contribution in [1.82, 2.24) is 20.1 Å². The molecular weight excluding hydrogens is 398 g/mol. The molecule has 162 valence electrons. The summed E-state index contributed by atoms with van der Waals surface area (Å²) in [5, 5.41) is 3.44. The fraction of sp³-hybridized carbons (Fsp3) is 0.591. The first-order chi connectivity index (χ1) is 14.6. The van der Waals surface area contributed by atoms with Crippen molar-refractivity contribution in [1.29, 1.82) is 0 Å². The summed E-state index contributed by atoms with van der Waals surface area (Å²) >= 11 is 1.32. The molecule has 2 saturated heterocycles. The number of thiophene rings is 1. The molecule has 2 aromatic heterocycles. The lowest BCUT2D eigenvalue weighted by atomic mass is 9.98. The van der Waals surface area contributed by atoms with Gasteiger partial charge in [-0.25, -0.2) is 4.98 Å². The minimum Gasteiger partial charge on any atom is -0.397 e. The van der Waals surface area contributed by atoms with Gasteiger partial charge in [0, 0.05) is 19.0 Å². The fourth-order valence-electron chi connectivity index (χ4n) is 4.59. The number of pyridine rings is 1. The number of hydrogen-bond donors (Lipinski definition) is 2. The second-order valence-corrected chi connectivity index (χ2v) is 9.30. The van der Waals surface area contributed by atoms with Gasteiger partial charge in [-0.2, -0.15) is 0 Å². The van der Waals surface area contributed by atoms with Crippen LogP contribution in [0.5, 0.6) is 0 Å². The number of hydrogen-bond acceptors (Lipinski definition) is 6. The minimum absolute atomic E-state index is 0.00518. The number of fused-ring (bicyclic) bond motifs is 1. The van der Waals surface area contributed by atoms with E-state index in [-0.39, 0.29) is 17.9 Å². The molecule has 3 N–H and O–H groups in total. The van der Waals surface area contributed by atoms with Crippen LogP contribution < -0.4 is 11.1 Å². The van der Waals surface area contributed by atoms with Gasteiger partial charge in [0.15, 0.2) is 0 Å². The Bertz CT molecular complexity index is 920. The number of anilines is 1. The Labute approximate surface area is 181 Å². The van der Waals surface area contributed by atoms with Crippen molar-refractivity contribution in [2.45, 2.75) is 51.0 Å². The van der Waals surface area contributed by atoms with Crippen molar-refractivity contribution in [3.05, 3.63) is 22.7 Å². The van der Waals surface area contributed by atoms with Gasteiger partial charge < -0.3 is 16.0 Å². The number of amides is 2. The Morgan fingerprint density at radius 2 is 1.87 bits per heavy atom. The van der Waals surface area contributed by atoms with E-state index < -0.39 is 0 Å². The van der Waals surface area contributed by atoms with Crippen LogP contribution in [-0.4, -0.2) is 59.8 Å². The van der Waals surface area contributed by atoms with Gasteiger partial charge in [-0.3, -0.25) is 14.5 Å². The summed E-state index contributed by atoms with van der Waals surface area (Å²) in [5.74, 6) is 0.0178. The summed E-state index contributed by atoms with van der Waals surface area (Å²) < 4.78 is 0. The quantitative estimate of drug-likeness (QED) is 0.779. The zero-order valence-corrected chi connectivity index (χ0v) is 18.5. The summed E-state index contributed by atoms with van der Waals surface area (Å²) in [4.78, 5) is 35.7. The first-order valence-corrected chi connectivity index (χ1v) is 11.8. The van der Waals surface area contributed by atoms with Gasteiger partial charge in [-0.15, -0.1) is 11.3 Å². The summed E-state index contributed by atoms with van der Waals surface area (Å²) in [5.41, 5.74) is 7.55. The number of rotatable bonds is 4. The number of piperidine rings is 1. The van der Waals surface area contributed by atoms with Crippen molar-refractivity contribution < 1.29 is 9.59 Å². The average Bonchev–Trinajstić information content (AvgIpc) is 2.93. The van der Waals surface area contributed by atoms with E-state index in [0.29, 0.717) is 17.1 Å². The Hall–Kier alpha value is -2.19. The first-order valence-electron chi connectivity index (χ1n) is 11.0. The summed E-state index contributed by atoms with van der Waals surface area (Å²) in [6.07, 6.45) is 7.95. The summed E-state index contributed by atoms with van der Waals surface area (Å²) in [7, 11) is 1.60. The van der Waals surface area contributed by atoms with Crippen molar-refractivity contribution in [2.75, 3.05) is 39.0 Å². The number of nitrogens with zero attached hydrogens (tertiary/aromatic N) is 3. The van der Waals surface area contributed by atoms with Crippen LogP contribution in [0.1, 0.15) is 66.4 Å². The lowest BCUT2D eigenvalue weighted by Crippen LogP contribution is -2.44. The molecule has 2 aliphatic heterocycles. The largest absolute Gasteiger partial charge is 0.397 e. The topological polar surface area (TPSA) is 91.6 Å². The standard InChI is InChI=1S/C22H31N5O2S/c1-24-21(29)20-19(23)15-9-10-16(25-22(15)30-20)17-8-4-7-13-27(17)18(28)14-26-11-5-2-3-6-12-26/h9-10,17H,2-8,11-14,23H2,1H3,(H,24,29)/t17-/m1/s1. The molecule has 30 heavy (non-hydrogen) atoms. The Balaban J connectivity index is 1.56. The molecule has 4 heterocycles. The number of nitrogen functional groups attached to an aromatic ring is 1. The molecule has 0 bridgehead atoms. The smallest absolute Gasteiger partial charge is 0.263 e. The fourth-order valence-corrected chi connectivity index (χ4v) is 5.64. The summed E-state index contributed by atoms with van der Waals surface area (Å²) in [6, 6.07) is 3.91. The normalized spacial score (nSPS) is 20.8. The maximum absolute atomic E-state index is 13.2. The Morgan fingerprint density at radius 1 is 1.13 bits per heavy atom. The zero-order chi connectivity index (χ0) is 21.1. The van der Waals surface area contributed by atoms with Crippen LogP contribution in [0.25, 0.3) is 10.2 Å². The Morgan fingerprint density at radius 3 is 2.60 bits per heavy atom. The van der Waals surface area contributed by atoms with Gasteiger partial charge in [0.1, 0.15) is 9.71 Å². The molecule has 2 fully saturated rings. The lowest BCUT2D eigenvalue weighted by molar-refractivity contribution is -0.136. The molecule has 0 radical (unpaired) electrons. The van der Waals surface area contributed by atoms with Crippen LogP contribution in [0, 0.1) is 0 Å². The van der Waals surface area contributed by atoms with Gasteiger partial charge in [-0.1, -0.05) is 12.8 Å². The highest BCUT2D eigenvalue weighted by Crippen LogP contribution is 2.36. The molecule has 2 amide bonds. The van der Waals surface area contributed by atoms with Crippen molar-refractivity contribution in [3.63, 3.8) is 0 Å². The highest BCUT2D eigenvalue weighted by molar-refractivity contribution is 7.21. The molecule has 0 saturated carbocycles. The van der Waals surface area contributed by atoms with Gasteiger partial charge in [0.25, 0.3) is 5.91 Å². The maximum Gasteiger partial charge on any atom is 0.263 e. The van der Waals surface area contributed by atoms with Gasteiger partial charge >= 0.3 is 0 Å². The van der Waals surface area contributed by atoms with Crippen molar-refractivity contribution in [3.8, 4) is 0 Å². The number of carbonyl (C=O) groups is 2. The molecule has 0 aliphatic carbocycles. The number of carbonyl (C=O) groups excluding carboxylic acids is 2. The predicted octanol–water partition coefficient (Wildman–Crippen LogP) is 3.17. The highest BCUT2D eigenvalue weighted by Gasteiger charge is 2.30. The number of likely N-dealkylation sites (tertiary alicyclic amines) is 2. The molecular formula is C22H31N5O2S. The first kappa shape index (κ1) is 21.1. The number of aromatic nitrogens is 1. The van der Waals surface area contributed by atoms with E-state index in [1.165, 1.54) is 37.0 Å². The van der Waals surface area contributed by atoms with Crippen LogP contribution in [0.4, 0.5) is 5.69 Å². The number of nitrogens with one attached hydrogen (secondary N) is 1. The molecule has 4 rings (SSSR count). The van der Waals surface area contributed by atoms with Crippen molar-refractivity contribution >= 4 is 39.1 Å². The van der Waals surface area contributed by atoms with Gasteiger partial charge in [-0.05, 0) is 57.3 Å². The second-order valence-electron chi connectivity index (χ2n) is 8.30. The Kier molecular flexibility index (Phi) is 6.53. The van der Waals surface area contributed by atoms with E-state index in [2.05, 4.69) is 10.2 Å². The van der Waals surface area contributed by atoms with Crippen LogP contribution in [0.3, 0.4) is 0 Å². The molecule has 1 atom stereocenters. The van der Waals surface area contributed by atoms with Crippen LogP contribution in [-0.2, 0) is 4.79 Å². The van der Waals surface area contributed by atoms with Crippen LogP contribution in [0.15, 0.2) is 12.1 Å². The van der Waals surface area contributed by atoms with E-state index in [1.54, 1.807) is 7.05 Å². The molecule has 0 unspecified atom stereocenters. The molecule has 2 aromatic rings. The van der Waals surface area contributed by atoms with E-state index >= 15 is 0 Å². The SMILES string of the molecule is CNC(=O)c1sc2nc([C@H]3CCCCN3C(=O)CN3CCCCCC3)ccc2c1N. The third-order valence-electron chi connectivity index (χ3n) is 6.27. The van der Waals surface area contributed by atoms with E-state index in [9.17, 15) is 9.59 Å². The zero-order valence-electron chi connectivity index (χ0n) is 17.7. The number of nitrogens with two attached hydrogens (primary N) is 1.